The van der Waals surface area contributed by atoms with E-state index in [0.717, 1.165) is 29.7 Å². The molecule has 0 amide bonds. The van der Waals surface area contributed by atoms with Gasteiger partial charge < -0.3 is 5.32 Å². The second-order valence-corrected chi connectivity index (χ2v) is 7.85. The summed E-state index contributed by atoms with van der Waals surface area (Å²) in [6.07, 6.45) is 12.4. The van der Waals surface area contributed by atoms with E-state index in [1.165, 1.54) is 19.4 Å². The smallest absolute Gasteiger partial charge is 0.00956 e. The summed E-state index contributed by atoms with van der Waals surface area (Å²) < 4.78 is 0. The van der Waals surface area contributed by atoms with Crippen LogP contribution in [0.2, 0.25) is 0 Å². The van der Waals surface area contributed by atoms with E-state index in [1.807, 2.05) is 0 Å². The Morgan fingerprint density at radius 2 is 1.53 bits per heavy atom. The summed E-state index contributed by atoms with van der Waals surface area (Å²) in [6, 6.07) is 0.788. The molecule has 0 aromatic carbocycles. The van der Waals surface area contributed by atoms with Crippen LogP contribution in [-0.2, 0) is 0 Å². The third-order valence-electron chi connectivity index (χ3n) is 6.41. The third kappa shape index (κ3) is 1.85. The zero-order valence-corrected chi connectivity index (χ0v) is 11.3. The van der Waals surface area contributed by atoms with Gasteiger partial charge in [0, 0.05) is 6.04 Å². The molecule has 1 heteroatoms. The lowest BCUT2D eigenvalue weighted by molar-refractivity contribution is -0.0704. The van der Waals surface area contributed by atoms with Gasteiger partial charge in [-0.3, -0.25) is 0 Å². The lowest BCUT2D eigenvalue weighted by atomic mass is 9.48. The lowest BCUT2D eigenvalue weighted by Gasteiger charge is -2.59. The predicted octanol–water partition coefficient (Wildman–Crippen LogP) is 3.59. The van der Waals surface area contributed by atoms with Crippen molar-refractivity contribution in [2.75, 3.05) is 6.54 Å². The molecule has 5 fully saturated rings. The number of hydrogen-bond acceptors (Lipinski definition) is 1. The maximum absolute atomic E-state index is 3.90. The van der Waals surface area contributed by atoms with Gasteiger partial charge in [0.15, 0.2) is 0 Å². The lowest BCUT2D eigenvalue weighted by Crippen LogP contribution is -2.55. The molecule has 5 rings (SSSR count). The summed E-state index contributed by atoms with van der Waals surface area (Å²) >= 11 is 0. The van der Waals surface area contributed by atoms with Crippen molar-refractivity contribution >= 4 is 0 Å². The molecule has 0 saturated heterocycles. The minimum atomic E-state index is 0.712. The van der Waals surface area contributed by atoms with Gasteiger partial charge in [0.05, 0.1) is 0 Å². The fourth-order valence-electron chi connectivity index (χ4n) is 5.59. The first-order valence-corrected chi connectivity index (χ1v) is 7.97. The first-order valence-electron chi connectivity index (χ1n) is 7.97. The van der Waals surface area contributed by atoms with Gasteiger partial charge in [0.1, 0.15) is 0 Å². The highest BCUT2D eigenvalue weighted by atomic mass is 14.9. The maximum Gasteiger partial charge on any atom is 0.00956 e. The Morgan fingerprint density at radius 1 is 1.00 bits per heavy atom. The van der Waals surface area contributed by atoms with E-state index in [1.54, 1.807) is 38.5 Å². The molecule has 0 spiro atoms. The minimum Gasteiger partial charge on any atom is -0.313 e. The van der Waals surface area contributed by atoms with Crippen LogP contribution in [0, 0.1) is 29.1 Å². The molecule has 96 valence electrons. The molecule has 1 atom stereocenters. The van der Waals surface area contributed by atoms with Crippen LogP contribution < -0.4 is 5.32 Å². The summed E-state index contributed by atoms with van der Waals surface area (Å²) in [5.41, 5.74) is 0.712. The Hall–Kier alpha value is -0.0400. The molecule has 0 radical (unpaired) electrons. The zero-order valence-electron chi connectivity index (χ0n) is 11.3. The first kappa shape index (κ1) is 10.8. The molecule has 0 heterocycles. The molecule has 5 saturated carbocycles. The quantitative estimate of drug-likeness (QED) is 0.782. The highest BCUT2D eigenvalue weighted by Gasteiger charge is 2.53. The van der Waals surface area contributed by atoms with Crippen molar-refractivity contribution in [1.82, 2.24) is 5.32 Å². The Bertz CT molecular complexity index is 269. The van der Waals surface area contributed by atoms with Crippen molar-refractivity contribution in [1.29, 1.82) is 0 Å². The Kier molecular flexibility index (Phi) is 2.38. The molecule has 5 aliphatic rings. The molecule has 0 unspecified atom stereocenters. The van der Waals surface area contributed by atoms with Crippen molar-refractivity contribution in [3.63, 3.8) is 0 Å². The zero-order chi connectivity index (χ0) is 11.5. The molecule has 0 aliphatic heterocycles. The van der Waals surface area contributed by atoms with Gasteiger partial charge in [-0.25, -0.2) is 0 Å². The van der Waals surface area contributed by atoms with Crippen molar-refractivity contribution in [2.24, 2.45) is 29.1 Å². The molecular formula is C16H27N. The summed E-state index contributed by atoms with van der Waals surface area (Å²) in [4.78, 5) is 0. The topological polar surface area (TPSA) is 12.0 Å². The average Bonchev–Trinajstić information content (AvgIpc) is 3.07. The minimum absolute atomic E-state index is 0.712. The van der Waals surface area contributed by atoms with Crippen LogP contribution in [-0.4, -0.2) is 12.6 Å². The third-order valence-corrected chi connectivity index (χ3v) is 6.41. The second kappa shape index (κ2) is 3.73. The average molecular weight is 233 g/mol. The van der Waals surface area contributed by atoms with E-state index in [-0.39, 0.29) is 0 Å². The van der Waals surface area contributed by atoms with Crippen LogP contribution in [0.15, 0.2) is 0 Å². The molecule has 0 aromatic rings. The first-order chi connectivity index (χ1) is 8.23. The van der Waals surface area contributed by atoms with E-state index in [9.17, 15) is 0 Å². The number of nitrogens with one attached hydrogen (secondary N) is 1. The summed E-state index contributed by atoms with van der Waals surface area (Å²) in [5, 5.41) is 3.90. The fraction of sp³-hybridized carbons (Fsp3) is 1.00. The van der Waals surface area contributed by atoms with E-state index in [4.69, 9.17) is 0 Å². The van der Waals surface area contributed by atoms with Gasteiger partial charge >= 0.3 is 0 Å². The summed E-state index contributed by atoms with van der Waals surface area (Å²) in [5.74, 6) is 4.34. The summed E-state index contributed by atoms with van der Waals surface area (Å²) in [6.45, 7) is 3.80. The monoisotopic (exact) mass is 233 g/mol. The molecule has 1 nitrogen and oxygen atoms in total. The molecule has 0 aromatic heterocycles. The highest BCUT2D eigenvalue weighted by molar-refractivity contribution is 5.05. The van der Waals surface area contributed by atoms with Crippen molar-refractivity contribution in [3.05, 3.63) is 0 Å². The highest BCUT2D eigenvalue weighted by Crippen LogP contribution is 2.61. The number of rotatable bonds is 4. The second-order valence-electron chi connectivity index (χ2n) is 7.85. The van der Waals surface area contributed by atoms with E-state index in [2.05, 4.69) is 12.2 Å². The predicted molar refractivity (Wildman–Crippen MR) is 70.8 cm³/mol. The van der Waals surface area contributed by atoms with Crippen molar-refractivity contribution in [2.45, 2.75) is 64.3 Å². The van der Waals surface area contributed by atoms with Gasteiger partial charge in [-0.2, -0.15) is 0 Å². The van der Waals surface area contributed by atoms with Crippen LogP contribution in [0.5, 0.6) is 0 Å². The van der Waals surface area contributed by atoms with Crippen LogP contribution in [0.4, 0.5) is 0 Å². The van der Waals surface area contributed by atoms with Crippen LogP contribution >= 0.6 is 0 Å². The molecule has 1 N–H and O–H groups in total. The van der Waals surface area contributed by atoms with Gasteiger partial charge in [-0.15, -0.1) is 0 Å². The van der Waals surface area contributed by atoms with Gasteiger partial charge in [-0.1, -0.05) is 0 Å². The molecule has 4 bridgehead atoms. The number of hydrogen-bond donors (Lipinski definition) is 1. The van der Waals surface area contributed by atoms with E-state index in [0.29, 0.717) is 5.41 Å². The van der Waals surface area contributed by atoms with Crippen LogP contribution in [0.3, 0.4) is 0 Å². The largest absolute Gasteiger partial charge is 0.313 e. The Labute approximate surface area is 106 Å². The SMILES string of the molecule is C[C@H](NCC1CC1)C12CC3CC(CC(C3)C1)C2. The van der Waals surface area contributed by atoms with E-state index < -0.39 is 0 Å². The van der Waals surface area contributed by atoms with E-state index >= 15 is 0 Å². The standard InChI is InChI=1S/C16H27N/c1-11(17-10-12-2-3-12)16-7-13-4-14(8-16)6-15(5-13)9-16/h11-15,17H,2-10H2,1H3/t11-,13?,14?,15?,16?/m0/s1. The van der Waals surface area contributed by atoms with Crippen LogP contribution in [0.1, 0.15) is 58.3 Å². The maximum atomic E-state index is 3.90. The van der Waals surface area contributed by atoms with Gasteiger partial charge in [-0.05, 0) is 93.9 Å². The Balaban J connectivity index is 1.47. The molecular weight excluding hydrogens is 206 g/mol. The van der Waals surface area contributed by atoms with Crippen LogP contribution in [0.25, 0.3) is 0 Å². The molecule has 5 aliphatic carbocycles. The normalized spacial score (nSPS) is 49.6. The van der Waals surface area contributed by atoms with Gasteiger partial charge in [0.25, 0.3) is 0 Å². The summed E-state index contributed by atoms with van der Waals surface area (Å²) in [7, 11) is 0. The Morgan fingerprint density at radius 3 is 2.00 bits per heavy atom. The molecule has 17 heavy (non-hydrogen) atoms. The van der Waals surface area contributed by atoms with Crippen molar-refractivity contribution in [3.8, 4) is 0 Å². The van der Waals surface area contributed by atoms with Crippen molar-refractivity contribution < 1.29 is 0 Å². The van der Waals surface area contributed by atoms with Gasteiger partial charge in [0.2, 0.25) is 0 Å². The fourth-order valence-corrected chi connectivity index (χ4v) is 5.59.